The molecule has 0 N–H and O–H groups in total. The molecular weight excluding hydrogens is 372 g/mol. The van der Waals surface area contributed by atoms with Gasteiger partial charge in [-0.05, 0) is 35.6 Å². The molecule has 6 heteroatoms. The van der Waals surface area contributed by atoms with Crippen molar-refractivity contribution in [2.45, 2.75) is 37.5 Å². The fourth-order valence-electron chi connectivity index (χ4n) is 3.41. The average Bonchev–Trinajstić information content (AvgIpc) is 2.74. The highest BCUT2D eigenvalue weighted by Gasteiger charge is 2.30. The Kier molecular flexibility index (Phi) is 6.52. The van der Waals surface area contributed by atoms with Crippen molar-refractivity contribution >= 4 is 15.9 Å². The Bertz CT molecular complexity index is 887. The summed E-state index contributed by atoms with van der Waals surface area (Å²) in [4.78, 5) is 14.6. The summed E-state index contributed by atoms with van der Waals surface area (Å²) in [5.74, 6) is 0.456. The Labute approximate surface area is 168 Å². The summed E-state index contributed by atoms with van der Waals surface area (Å²) in [7, 11) is -3.52. The molecule has 1 atom stereocenters. The maximum atomic E-state index is 12.9. The van der Waals surface area contributed by atoms with Gasteiger partial charge >= 0.3 is 0 Å². The van der Waals surface area contributed by atoms with Gasteiger partial charge in [0.2, 0.25) is 15.9 Å². The molecule has 0 aliphatic carbocycles. The van der Waals surface area contributed by atoms with Crippen LogP contribution in [0.15, 0.2) is 59.5 Å². The van der Waals surface area contributed by atoms with Gasteiger partial charge in [-0.1, -0.05) is 56.3 Å². The summed E-state index contributed by atoms with van der Waals surface area (Å²) in [5.41, 5.74) is 2.13. The Hall–Kier alpha value is -2.18. The summed E-state index contributed by atoms with van der Waals surface area (Å²) in [6.45, 7) is 5.76. The molecule has 150 valence electrons. The molecule has 0 bridgehead atoms. The number of sulfonamides is 1. The molecule has 28 heavy (non-hydrogen) atoms. The first-order valence-corrected chi connectivity index (χ1v) is 11.3. The second-order valence-corrected chi connectivity index (χ2v) is 9.26. The van der Waals surface area contributed by atoms with E-state index in [-0.39, 0.29) is 5.91 Å². The molecule has 1 amide bonds. The lowest BCUT2D eigenvalue weighted by atomic mass is 9.99. The van der Waals surface area contributed by atoms with Crippen molar-refractivity contribution in [3.8, 4) is 0 Å². The van der Waals surface area contributed by atoms with E-state index in [4.69, 9.17) is 0 Å². The van der Waals surface area contributed by atoms with Crippen LogP contribution in [0.1, 0.15) is 37.3 Å². The summed E-state index contributed by atoms with van der Waals surface area (Å²) < 4.78 is 27.3. The lowest BCUT2D eigenvalue weighted by molar-refractivity contribution is -0.131. The van der Waals surface area contributed by atoms with Crippen LogP contribution in [0.5, 0.6) is 0 Å². The zero-order valence-corrected chi connectivity index (χ0v) is 17.4. The molecule has 0 radical (unpaired) electrons. The van der Waals surface area contributed by atoms with Crippen molar-refractivity contribution in [3.05, 3.63) is 65.7 Å². The van der Waals surface area contributed by atoms with Gasteiger partial charge in [0.15, 0.2) is 0 Å². The fourth-order valence-corrected chi connectivity index (χ4v) is 4.84. The first-order valence-electron chi connectivity index (χ1n) is 9.83. The second kappa shape index (κ2) is 8.88. The molecule has 1 heterocycles. The van der Waals surface area contributed by atoms with Crippen molar-refractivity contribution in [1.29, 1.82) is 0 Å². The molecular formula is C22H28N2O3S. The number of rotatable bonds is 6. The van der Waals surface area contributed by atoms with Gasteiger partial charge in [0.25, 0.3) is 0 Å². The predicted octanol–water partition coefficient (Wildman–Crippen LogP) is 3.28. The molecule has 3 rings (SSSR count). The third kappa shape index (κ3) is 4.62. The minimum Gasteiger partial charge on any atom is -0.340 e. The van der Waals surface area contributed by atoms with Gasteiger partial charge in [-0.3, -0.25) is 4.79 Å². The number of amides is 1. The standard InChI is InChI=1S/C22H28N2O3S/c1-3-18(2)20-9-11-21(12-10-20)28(26,27)24-15-13-23(14-16-24)22(25)17-19-7-5-4-6-8-19/h4-12,18H,3,13-17H2,1-2H3/t18-/m0/s1. The quantitative estimate of drug-likeness (QED) is 0.748. The molecule has 1 saturated heterocycles. The molecule has 0 aromatic heterocycles. The highest BCUT2D eigenvalue weighted by molar-refractivity contribution is 7.89. The van der Waals surface area contributed by atoms with E-state index in [9.17, 15) is 13.2 Å². The van der Waals surface area contributed by atoms with Gasteiger partial charge in [-0.25, -0.2) is 8.42 Å². The van der Waals surface area contributed by atoms with Crippen molar-refractivity contribution in [3.63, 3.8) is 0 Å². The first kappa shape index (κ1) is 20.6. The second-order valence-electron chi connectivity index (χ2n) is 7.33. The van der Waals surface area contributed by atoms with Crippen LogP contribution in [0, 0.1) is 0 Å². The predicted molar refractivity (Wildman–Crippen MR) is 111 cm³/mol. The molecule has 0 spiro atoms. The van der Waals surface area contributed by atoms with E-state index < -0.39 is 10.0 Å². The lowest BCUT2D eigenvalue weighted by Gasteiger charge is -2.34. The van der Waals surface area contributed by atoms with Crippen LogP contribution in [0.4, 0.5) is 0 Å². The zero-order chi connectivity index (χ0) is 20.1. The van der Waals surface area contributed by atoms with Crippen molar-refractivity contribution in [2.24, 2.45) is 0 Å². The average molecular weight is 401 g/mol. The van der Waals surface area contributed by atoms with E-state index >= 15 is 0 Å². The number of carbonyl (C=O) groups is 1. The van der Waals surface area contributed by atoms with Crippen LogP contribution in [0.2, 0.25) is 0 Å². The maximum Gasteiger partial charge on any atom is 0.243 e. The Balaban J connectivity index is 1.61. The summed E-state index contributed by atoms with van der Waals surface area (Å²) in [6.07, 6.45) is 1.37. The van der Waals surface area contributed by atoms with E-state index in [1.165, 1.54) is 4.31 Å². The van der Waals surface area contributed by atoms with E-state index in [0.717, 1.165) is 17.5 Å². The molecule has 5 nitrogen and oxygen atoms in total. The lowest BCUT2D eigenvalue weighted by Crippen LogP contribution is -2.50. The van der Waals surface area contributed by atoms with E-state index in [0.29, 0.717) is 43.4 Å². The molecule has 1 fully saturated rings. The van der Waals surface area contributed by atoms with Gasteiger partial charge < -0.3 is 4.90 Å². The van der Waals surface area contributed by atoms with Crippen LogP contribution in [-0.4, -0.2) is 49.7 Å². The monoisotopic (exact) mass is 400 g/mol. The van der Waals surface area contributed by atoms with Gasteiger partial charge in [-0.2, -0.15) is 4.31 Å². The normalized spacial score (nSPS) is 16.7. The third-order valence-electron chi connectivity index (χ3n) is 5.49. The van der Waals surface area contributed by atoms with Crippen LogP contribution in [-0.2, 0) is 21.2 Å². The van der Waals surface area contributed by atoms with Crippen LogP contribution in [0.25, 0.3) is 0 Å². The highest BCUT2D eigenvalue weighted by Crippen LogP contribution is 2.23. The Morgan fingerprint density at radius 3 is 2.14 bits per heavy atom. The number of benzene rings is 2. The summed E-state index contributed by atoms with van der Waals surface area (Å²) in [5, 5.41) is 0. The van der Waals surface area contributed by atoms with E-state index in [1.54, 1.807) is 17.0 Å². The third-order valence-corrected chi connectivity index (χ3v) is 7.40. The number of nitrogens with zero attached hydrogens (tertiary/aromatic N) is 2. The van der Waals surface area contributed by atoms with Crippen LogP contribution in [0.3, 0.4) is 0 Å². The zero-order valence-electron chi connectivity index (χ0n) is 16.5. The molecule has 1 aliphatic rings. The largest absolute Gasteiger partial charge is 0.340 e. The topological polar surface area (TPSA) is 57.7 Å². The smallest absolute Gasteiger partial charge is 0.243 e. The number of hydrogen-bond acceptors (Lipinski definition) is 3. The fraction of sp³-hybridized carbons (Fsp3) is 0.409. The molecule has 2 aromatic carbocycles. The number of piperazine rings is 1. The van der Waals surface area contributed by atoms with Crippen molar-refractivity contribution in [2.75, 3.05) is 26.2 Å². The molecule has 0 saturated carbocycles. The molecule has 0 unspecified atom stereocenters. The SMILES string of the molecule is CC[C@H](C)c1ccc(S(=O)(=O)N2CCN(C(=O)Cc3ccccc3)CC2)cc1. The van der Waals surface area contributed by atoms with Crippen LogP contribution < -0.4 is 0 Å². The van der Waals surface area contributed by atoms with Gasteiger partial charge in [0.1, 0.15) is 0 Å². The summed E-state index contributed by atoms with van der Waals surface area (Å²) in [6, 6.07) is 16.8. The van der Waals surface area contributed by atoms with Gasteiger partial charge in [0.05, 0.1) is 11.3 Å². The van der Waals surface area contributed by atoms with E-state index in [1.807, 2.05) is 42.5 Å². The highest BCUT2D eigenvalue weighted by atomic mass is 32.2. The Morgan fingerprint density at radius 1 is 0.964 bits per heavy atom. The van der Waals surface area contributed by atoms with Crippen molar-refractivity contribution in [1.82, 2.24) is 9.21 Å². The maximum absolute atomic E-state index is 12.9. The van der Waals surface area contributed by atoms with Crippen LogP contribution >= 0.6 is 0 Å². The summed E-state index contributed by atoms with van der Waals surface area (Å²) >= 11 is 0. The van der Waals surface area contributed by atoms with Gasteiger partial charge in [-0.15, -0.1) is 0 Å². The minimum atomic E-state index is -3.52. The molecule has 1 aliphatic heterocycles. The minimum absolute atomic E-state index is 0.0427. The van der Waals surface area contributed by atoms with E-state index in [2.05, 4.69) is 13.8 Å². The Morgan fingerprint density at radius 2 is 1.57 bits per heavy atom. The number of carbonyl (C=O) groups excluding carboxylic acids is 1. The van der Waals surface area contributed by atoms with Crippen molar-refractivity contribution < 1.29 is 13.2 Å². The molecule has 2 aromatic rings. The number of hydrogen-bond donors (Lipinski definition) is 0. The van der Waals surface area contributed by atoms with Gasteiger partial charge in [0, 0.05) is 26.2 Å². The first-order chi connectivity index (χ1) is 13.4.